The molecule has 0 fully saturated rings. The molecule has 0 bridgehead atoms. The van der Waals surface area contributed by atoms with Crippen molar-refractivity contribution in [2.45, 2.75) is 0 Å². The van der Waals surface area contributed by atoms with Gasteiger partial charge in [0.2, 0.25) is 0 Å². The molecular weight excluding hydrogens is 828 g/mol. The first-order chi connectivity index (χ1) is 25.8. The first kappa shape index (κ1) is 29.7. The molecule has 0 unspecified atom stereocenters. The third-order valence-electron chi connectivity index (χ3n) is 11.4. The zero-order valence-corrected chi connectivity index (χ0v) is 31.9. The first-order valence-electron chi connectivity index (χ1n) is 17.9. The molecule has 3 aliphatic rings. The summed E-state index contributed by atoms with van der Waals surface area (Å²) in [5.41, 5.74) is 11.0. The van der Waals surface area contributed by atoms with Crippen molar-refractivity contribution in [2.24, 2.45) is 0 Å². The normalized spacial score (nSPS) is 16.0. The second-order valence-electron chi connectivity index (χ2n) is 13.7. The van der Waals surface area contributed by atoms with Crippen LogP contribution < -0.4 is 31.1 Å². The van der Waals surface area contributed by atoms with Gasteiger partial charge in [0.1, 0.15) is 0 Å². The van der Waals surface area contributed by atoms with E-state index in [1.54, 1.807) is 0 Å². The summed E-state index contributed by atoms with van der Waals surface area (Å²) >= 11 is -5.48. The van der Waals surface area contributed by atoms with Crippen LogP contribution >= 0.6 is 0 Å². The van der Waals surface area contributed by atoms with Crippen LogP contribution in [0.15, 0.2) is 206 Å². The number of benzene rings is 8. The van der Waals surface area contributed by atoms with Gasteiger partial charge in [-0.2, -0.15) is 0 Å². The molecule has 0 aromatic heterocycles. The van der Waals surface area contributed by atoms with E-state index < -0.39 is 18.8 Å². The molecule has 3 aliphatic heterocycles. The molecular formula is C48H34BiN3. The third kappa shape index (κ3) is 3.53. The minimum atomic E-state index is -5.48. The second-order valence-corrected chi connectivity index (χ2v) is 31.7. The summed E-state index contributed by atoms with van der Waals surface area (Å²) in [5.74, 6) is 0. The molecule has 0 amide bonds. The van der Waals surface area contributed by atoms with Gasteiger partial charge >= 0.3 is 307 Å². The van der Waals surface area contributed by atoms with Crippen LogP contribution in [0.1, 0.15) is 0 Å². The molecule has 0 saturated heterocycles. The Labute approximate surface area is 305 Å². The van der Waals surface area contributed by atoms with Crippen LogP contribution in [0.3, 0.4) is 0 Å². The van der Waals surface area contributed by atoms with E-state index in [1.807, 2.05) is 0 Å². The van der Waals surface area contributed by atoms with Gasteiger partial charge in [0.05, 0.1) is 0 Å². The predicted octanol–water partition coefficient (Wildman–Crippen LogP) is 9.27. The minimum absolute atomic E-state index is 1.16. The zero-order chi connectivity index (χ0) is 34.3. The molecule has 11 rings (SSSR count). The van der Waals surface area contributed by atoms with Crippen molar-refractivity contribution >= 4 is 86.3 Å². The molecule has 246 valence electrons. The van der Waals surface area contributed by atoms with Gasteiger partial charge in [0.15, 0.2) is 0 Å². The third-order valence-corrected chi connectivity index (χ3v) is 37.5. The Bertz CT molecular complexity index is 2300. The zero-order valence-electron chi connectivity index (χ0n) is 28.4. The van der Waals surface area contributed by atoms with Gasteiger partial charge < -0.3 is 0 Å². The van der Waals surface area contributed by atoms with E-state index in [0.29, 0.717) is 0 Å². The van der Waals surface area contributed by atoms with Gasteiger partial charge in [-0.3, -0.25) is 0 Å². The number of hydrogen-bond acceptors (Lipinski definition) is 3. The van der Waals surface area contributed by atoms with Crippen LogP contribution in [0.4, 0.5) is 51.2 Å². The Morgan fingerprint density at radius 2 is 0.462 bits per heavy atom. The molecule has 3 heterocycles. The Balaban J connectivity index is 1.48. The monoisotopic (exact) mass is 861 g/mol. The van der Waals surface area contributed by atoms with Gasteiger partial charge in [-0.15, -0.1) is 0 Å². The molecule has 0 atom stereocenters. The second kappa shape index (κ2) is 11.0. The van der Waals surface area contributed by atoms with Crippen LogP contribution in [-0.2, 0) is 0 Å². The first-order valence-corrected chi connectivity index (χ1v) is 26.6. The summed E-state index contributed by atoms with van der Waals surface area (Å²) in [7, 11) is 0. The molecule has 0 radical (unpaired) electrons. The Morgan fingerprint density at radius 1 is 0.231 bits per heavy atom. The van der Waals surface area contributed by atoms with E-state index in [1.165, 1.54) is 50.5 Å². The van der Waals surface area contributed by atoms with Crippen molar-refractivity contribution in [1.29, 1.82) is 0 Å². The van der Waals surface area contributed by atoms with Crippen LogP contribution in [0, 0.1) is 0 Å². The Morgan fingerprint density at radius 3 is 0.712 bits per heavy atom. The number of nitrogens with zero attached hydrogens (tertiary/aromatic N) is 3. The molecule has 52 heavy (non-hydrogen) atoms. The van der Waals surface area contributed by atoms with Gasteiger partial charge in [-0.05, 0) is 0 Å². The molecule has 4 heteroatoms. The van der Waals surface area contributed by atoms with Crippen LogP contribution in [-0.4, -0.2) is 18.8 Å². The van der Waals surface area contributed by atoms with Crippen molar-refractivity contribution in [1.82, 2.24) is 0 Å². The van der Waals surface area contributed by atoms with Gasteiger partial charge in [-0.25, -0.2) is 0 Å². The van der Waals surface area contributed by atoms with Crippen molar-refractivity contribution in [3.8, 4) is 0 Å². The van der Waals surface area contributed by atoms with Crippen LogP contribution in [0.2, 0.25) is 0 Å². The van der Waals surface area contributed by atoms with Gasteiger partial charge in [-0.1, -0.05) is 0 Å². The number of hydrogen-bond donors (Lipinski definition) is 0. The molecule has 8 aromatic rings. The van der Waals surface area contributed by atoms with Crippen LogP contribution in [0.25, 0.3) is 0 Å². The maximum atomic E-state index is 2.55. The molecule has 0 N–H and O–H groups in total. The molecule has 0 aliphatic carbocycles. The number of anilines is 9. The topological polar surface area (TPSA) is 9.72 Å². The standard InChI is InChI=1S/C36H24N3.2C6H5.Bi/c1-4-13-28(14-5-1)37-31-19-10-21-33(25-31)38(29-15-6-2-7-16-29)35-23-12-24-36(27-35)39(30-17-8-3-9-18-30)34-22-11-20-32(37)26-34;2*1-2-4-6-5-3-1;/h1-24H;2*1-5H;. The van der Waals surface area contributed by atoms with Crippen molar-refractivity contribution in [2.75, 3.05) is 14.7 Å². The van der Waals surface area contributed by atoms with E-state index in [4.69, 9.17) is 0 Å². The van der Waals surface area contributed by atoms with Crippen LogP contribution in [0.5, 0.6) is 0 Å². The Hall–Kier alpha value is -5.96. The molecule has 3 nitrogen and oxygen atoms in total. The van der Waals surface area contributed by atoms with E-state index in [2.05, 4.69) is 221 Å². The summed E-state index contributed by atoms with van der Waals surface area (Å²) < 4.78 is 7.26. The number of rotatable bonds is 5. The predicted molar refractivity (Wildman–Crippen MR) is 221 cm³/mol. The summed E-state index contributed by atoms with van der Waals surface area (Å²) in [4.78, 5) is 7.64. The van der Waals surface area contributed by atoms with E-state index in [0.717, 1.165) is 17.1 Å². The summed E-state index contributed by atoms with van der Waals surface area (Å²) in [6.07, 6.45) is 0. The quantitative estimate of drug-likeness (QED) is 0.160. The molecule has 0 saturated carbocycles. The fourth-order valence-electron chi connectivity index (χ4n) is 9.68. The SMILES string of the molecule is c1ccc(N2c3cccc4[c]3[Bi]3([c]5ccccc5)([c]5ccccc5)[c]5c2cccc5N(c2ccccc2)c2cccc([c]23)N4c2ccccc2)cc1. The van der Waals surface area contributed by atoms with Gasteiger partial charge in [0, 0.05) is 0 Å². The maximum absolute atomic E-state index is 5.48. The Kier molecular flexibility index (Phi) is 6.30. The molecule has 8 aromatic carbocycles. The summed E-state index contributed by atoms with van der Waals surface area (Å²) in [5, 5.41) is 0. The van der Waals surface area contributed by atoms with E-state index in [-0.39, 0.29) is 0 Å². The summed E-state index contributed by atoms with van der Waals surface area (Å²) in [6.45, 7) is 0. The van der Waals surface area contributed by atoms with Crippen molar-refractivity contribution in [3.63, 3.8) is 0 Å². The fraction of sp³-hybridized carbons (Fsp3) is 0. The fourth-order valence-corrected chi connectivity index (χ4v) is 40.2. The van der Waals surface area contributed by atoms with Gasteiger partial charge in [0.25, 0.3) is 0 Å². The van der Waals surface area contributed by atoms with Crippen molar-refractivity contribution < 1.29 is 0 Å². The van der Waals surface area contributed by atoms with E-state index >= 15 is 0 Å². The summed E-state index contributed by atoms with van der Waals surface area (Å²) in [6, 6.07) is 77.2. The van der Waals surface area contributed by atoms with Crippen molar-refractivity contribution in [3.05, 3.63) is 206 Å². The number of para-hydroxylation sites is 3. The van der Waals surface area contributed by atoms with E-state index in [9.17, 15) is 0 Å². The average molecular weight is 862 g/mol. The average Bonchev–Trinajstić information content (AvgIpc) is 3.23. The molecule has 0 spiro atoms.